The van der Waals surface area contributed by atoms with Crippen LogP contribution in [0.15, 0.2) is 52.7 Å². The topological polar surface area (TPSA) is 76.1 Å². The second-order valence-electron chi connectivity index (χ2n) is 5.57. The number of nitrogens with two attached hydrogens (primary N) is 1. The van der Waals surface area contributed by atoms with Crippen LogP contribution in [0.2, 0.25) is 0 Å². The molecule has 0 radical (unpaired) electrons. The van der Waals surface area contributed by atoms with E-state index in [1.807, 2.05) is 61.5 Å². The van der Waals surface area contributed by atoms with Gasteiger partial charge >= 0.3 is 0 Å². The van der Waals surface area contributed by atoms with Crippen LogP contribution >= 0.6 is 11.3 Å². The summed E-state index contributed by atoms with van der Waals surface area (Å²) in [5.41, 5.74) is 8.95. The molecule has 0 fully saturated rings. The first-order valence-corrected chi connectivity index (χ1v) is 8.47. The van der Waals surface area contributed by atoms with E-state index in [4.69, 9.17) is 10.5 Å². The zero-order valence-electron chi connectivity index (χ0n) is 14.3. The summed E-state index contributed by atoms with van der Waals surface area (Å²) in [7, 11) is 5.64. The lowest BCUT2D eigenvalue weighted by molar-refractivity contribution is 0.415. The first-order valence-electron chi connectivity index (χ1n) is 7.65. The number of fused-ring (bicyclic) bond motifs is 1. The van der Waals surface area contributed by atoms with Gasteiger partial charge < -0.3 is 15.4 Å². The van der Waals surface area contributed by atoms with Crippen LogP contribution in [-0.2, 0) is 0 Å². The largest absolute Gasteiger partial charge is 0.497 e. The van der Waals surface area contributed by atoms with Gasteiger partial charge in [0.1, 0.15) is 5.75 Å². The molecule has 7 heteroatoms. The van der Waals surface area contributed by atoms with Crippen molar-refractivity contribution in [3.8, 4) is 5.75 Å². The molecule has 0 amide bonds. The fraction of sp³-hybridized carbons (Fsp3) is 0.167. The van der Waals surface area contributed by atoms with Gasteiger partial charge in [-0.1, -0.05) is 12.1 Å². The predicted octanol–water partition coefficient (Wildman–Crippen LogP) is 3.11. The molecule has 0 saturated heterocycles. The maximum absolute atomic E-state index is 6.00. The van der Waals surface area contributed by atoms with E-state index in [1.54, 1.807) is 13.3 Å². The minimum atomic E-state index is 0.293. The number of methoxy groups -OCH3 is 1. The predicted molar refractivity (Wildman–Crippen MR) is 105 cm³/mol. The van der Waals surface area contributed by atoms with Crippen LogP contribution in [0.3, 0.4) is 0 Å². The fourth-order valence-electron chi connectivity index (χ4n) is 2.20. The Bertz CT molecular complexity index is 928. The Labute approximate surface area is 150 Å². The van der Waals surface area contributed by atoms with Gasteiger partial charge in [-0.2, -0.15) is 5.10 Å². The van der Waals surface area contributed by atoms with Gasteiger partial charge in [-0.15, -0.1) is 16.4 Å². The monoisotopic (exact) mass is 353 g/mol. The highest BCUT2D eigenvalue weighted by atomic mass is 32.1. The number of rotatable bonds is 5. The molecule has 1 heterocycles. The molecule has 3 rings (SSSR count). The molecule has 0 aliphatic carbocycles. The SMILES string of the molecule is COc1ccc2nc(C(N)=NN=Cc3ccc(N(C)C)cc3)sc2c1. The zero-order chi connectivity index (χ0) is 17.8. The number of thiazole rings is 1. The molecule has 0 atom stereocenters. The first-order chi connectivity index (χ1) is 12.1. The van der Waals surface area contributed by atoms with Crippen molar-refractivity contribution in [1.82, 2.24) is 4.98 Å². The Morgan fingerprint density at radius 1 is 1.20 bits per heavy atom. The molecule has 0 saturated carbocycles. The van der Waals surface area contributed by atoms with Crippen LogP contribution in [-0.4, -0.2) is 38.2 Å². The van der Waals surface area contributed by atoms with Gasteiger partial charge in [0.05, 0.1) is 23.5 Å². The summed E-state index contributed by atoms with van der Waals surface area (Å²) in [6.45, 7) is 0. The van der Waals surface area contributed by atoms with Crippen molar-refractivity contribution in [2.45, 2.75) is 0 Å². The third-order valence-electron chi connectivity index (χ3n) is 3.60. The molecule has 1 aromatic heterocycles. The summed E-state index contributed by atoms with van der Waals surface area (Å²) in [5, 5.41) is 8.76. The molecule has 0 spiro atoms. The third-order valence-corrected chi connectivity index (χ3v) is 4.64. The second kappa shape index (κ2) is 7.31. The Morgan fingerprint density at radius 2 is 1.96 bits per heavy atom. The zero-order valence-corrected chi connectivity index (χ0v) is 15.1. The van der Waals surface area contributed by atoms with Crippen molar-refractivity contribution >= 4 is 39.3 Å². The van der Waals surface area contributed by atoms with Crippen molar-refractivity contribution < 1.29 is 4.74 Å². The van der Waals surface area contributed by atoms with Gasteiger partial charge in [-0.3, -0.25) is 0 Å². The Balaban J connectivity index is 1.76. The molecule has 6 nitrogen and oxygen atoms in total. The summed E-state index contributed by atoms with van der Waals surface area (Å²) >= 11 is 1.46. The number of aromatic nitrogens is 1. The standard InChI is InChI=1S/C18H19N5OS/c1-23(2)13-6-4-12(5-7-13)11-20-22-17(19)18-21-15-9-8-14(24-3)10-16(15)25-18/h4-11H,1-3H3,(H2,19,22). The smallest absolute Gasteiger partial charge is 0.182 e. The lowest BCUT2D eigenvalue weighted by Crippen LogP contribution is -2.12. The van der Waals surface area contributed by atoms with Crippen LogP contribution in [0, 0.1) is 0 Å². The van der Waals surface area contributed by atoms with Crippen LogP contribution in [0.5, 0.6) is 5.75 Å². The van der Waals surface area contributed by atoms with E-state index in [0.717, 1.165) is 27.2 Å². The van der Waals surface area contributed by atoms with Gasteiger partial charge in [0, 0.05) is 19.8 Å². The molecule has 128 valence electrons. The lowest BCUT2D eigenvalue weighted by Gasteiger charge is -2.11. The van der Waals surface area contributed by atoms with Crippen molar-refractivity contribution in [1.29, 1.82) is 0 Å². The van der Waals surface area contributed by atoms with Gasteiger partial charge in [0.25, 0.3) is 0 Å². The maximum Gasteiger partial charge on any atom is 0.182 e. The number of benzene rings is 2. The quantitative estimate of drug-likeness (QED) is 0.434. The summed E-state index contributed by atoms with van der Waals surface area (Å²) in [6, 6.07) is 13.7. The highest BCUT2D eigenvalue weighted by Crippen LogP contribution is 2.26. The maximum atomic E-state index is 6.00. The molecule has 2 N–H and O–H groups in total. The number of nitrogens with zero attached hydrogens (tertiary/aromatic N) is 4. The van der Waals surface area contributed by atoms with E-state index in [0.29, 0.717) is 10.8 Å². The number of ether oxygens (including phenoxy) is 1. The van der Waals surface area contributed by atoms with E-state index in [9.17, 15) is 0 Å². The molecule has 0 aliphatic rings. The van der Waals surface area contributed by atoms with Crippen molar-refractivity contribution in [2.24, 2.45) is 15.9 Å². The minimum Gasteiger partial charge on any atom is -0.497 e. The first kappa shape index (κ1) is 16.9. The van der Waals surface area contributed by atoms with E-state index < -0.39 is 0 Å². The van der Waals surface area contributed by atoms with Gasteiger partial charge in [0.2, 0.25) is 0 Å². The number of hydrogen-bond donors (Lipinski definition) is 1. The fourth-order valence-corrected chi connectivity index (χ4v) is 3.09. The summed E-state index contributed by atoms with van der Waals surface area (Å²) in [6.07, 6.45) is 1.67. The summed E-state index contributed by atoms with van der Waals surface area (Å²) in [4.78, 5) is 6.51. The molecule has 2 aromatic carbocycles. The molecule has 0 aliphatic heterocycles. The molecule has 3 aromatic rings. The van der Waals surface area contributed by atoms with Crippen LogP contribution in [0.25, 0.3) is 10.2 Å². The molecular weight excluding hydrogens is 334 g/mol. The average molecular weight is 353 g/mol. The normalized spacial score (nSPS) is 12.0. The average Bonchev–Trinajstić information content (AvgIpc) is 3.05. The van der Waals surface area contributed by atoms with Gasteiger partial charge in [-0.05, 0) is 35.9 Å². The third kappa shape index (κ3) is 3.95. The van der Waals surface area contributed by atoms with E-state index >= 15 is 0 Å². The Kier molecular flexibility index (Phi) is 4.95. The molecule has 25 heavy (non-hydrogen) atoms. The molecular formula is C18H19N5OS. The number of hydrogen-bond acceptors (Lipinski definition) is 6. The molecule has 0 bridgehead atoms. The highest BCUT2D eigenvalue weighted by Gasteiger charge is 2.08. The van der Waals surface area contributed by atoms with Crippen LogP contribution in [0.1, 0.15) is 10.6 Å². The van der Waals surface area contributed by atoms with E-state index in [-0.39, 0.29) is 0 Å². The van der Waals surface area contributed by atoms with Crippen LogP contribution < -0.4 is 15.4 Å². The Hall–Kier alpha value is -2.93. The summed E-state index contributed by atoms with van der Waals surface area (Å²) < 4.78 is 6.22. The Morgan fingerprint density at radius 3 is 2.64 bits per heavy atom. The van der Waals surface area contributed by atoms with Crippen LogP contribution in [0.4, 0.5) is 5.69 Å². The van der Waals surface area contributed by atoms with E-state index in [2.05, 4.69) is 15.2 Å². The van der Waals surface area contributed by atoms with Crippen molar-refractivity contribution in [2.75, 3.05) is 26.1 Å². The van der Waals surface area contributed by atoms with Gasteiger partial charge in [0.15, 0.2) is 10.8 Å². The van der Waals surface area contributed by atoms with Gasteiger partial charge in [-0.25, -0.2) is 4.98 Å². The highest BCUT2D eigenvalue weighted by molar-refractivity contribution is 7.20. The van der Waals surface area contributed by atoms with Crippen molar-refractivity contribution in [3.05, 3.63) is 53.0 Å². The number of anilines is 1. The second-order valence-corrected chi connectivity index (χ2v) is 6.60. The van der Waals surface area contributed by atoms with E-state index in [1.165, 1.54) is 11.3 Å². The lowest BCUT2D eigenvalue weighted by atomic mass is 10.2. The minimum absolute atomic E-state index is 0.293. The molecule has 0 unspecified atom stereocenters. The summed E-state index contributed by atoms with van der Waals surface area (Å²) in [5.74, 6) is 1.08. The number of amidine groups is 1. The van der Waals surface area contributed by atoms with Crippen molar-refractivity contribution in [3.63, 3.8) is 0 Å².